The summed E-state index contributed by atoms with van der Waals surface area (Å²) in [6.45, 7) is 8.45. The van der Waals surface area contributed by atoms with E-state index in [2.05, 4.69) is 11.8 Å². The van der Waals surface area contributed by atoms with Crippen molar-refractivity contribution in [2.75, 3.05) is 24.7 Å². The molecule has 4 nitrogen and oxygen atoms in total. The van der Waals surface area contributed by atoms with Gasteiger partial charge < -0.3 is 14.7 Å². The van der Waals surface area contributed by atoms with Crippen molar-refractivity contribution in [1.29, 1.82) is 0 Å². The van der Waals surface area contributed by atoms with Crippen LogP contribution >= 0.6 is 11.3 Å². The topological polar surface area (TPSA) is 49.8 Å². The molecule has 1 fully saturated rings. The van der Waals surface area contributed by atoms with E-state index in [-0.39, 0.29) is 0 Å². The van der Waals surface area contributed by atoms with Gasteiger partial charge in [-0.2, -0.15) is 0 Å². The van der Waals surface area contributed by atoms with Gasteiger partial charge in [0.25, 0.3) is 0 Å². The first-order chi connectivity index (χ1) is 9.06. The van der Waals surface area contributed by atoms with Gasteiger partial charge in [0.2, 0.25) is 0 Å². The highest BCUT2D eigenvalue weighted by Gasteiger charge is 2.26. The zero-order valence-corrected chi connectivity index (χ0v) is 12.5. The van der Waals surface area contributed by atoms with E-state index in [0.717, 1.165) is 48.0 Å². The van der Waals surface area contributed by atoms with Crippen LogP contribution in [0.15, 0.2) is 0 Å². The monoisotopic (exact) mass is 283 g/mol. The molecule has 2 heterocycles. The Kier molecular flexibility index (Phi) is 4.47. The Labute approximate surface area is 118 Å². The number of thiophene rings is 1. The van der Waals surface area contributed by atoms with Crippen LogP contribution in [0, 0.1) is 13.8 Å². The Balaban J connectivity index is 2.32. The molecule has 5 heteroatoms. The average molecular weight is 283 g/mol. The van der Waals surface area contributed by atoms with Crippen molar-refractivity contribution < 1.29 is 14.6 Å². The van der Waals surface area contributed by atoms with Gasteiger partial charge in [0.05, 0.1) is 10.6 Å². The number of aromatic carboxylic acids is 1. The predicted octanol–water partition coefficient (Wildman–Crippen LogP) is 3.07. The Morgan fingerprint density at radius 1 is 1.42 bits per heavy atom. The number of rotatable bonds is 4. The normalized spacial score (nSPS) is 16.6. The molecule has 1 aromatic heterocycles. The van der Waals surface area contributed by atoms with Gasteiger partial charge in [0.1, 0.15) is 0 Å². The Morgan fingerprint density at radius 3 is 2.53 bits per heavy atom. The zero-order valence-electron chi connectivity index (χ0n) is 11.7. The van der Waals surface area contributed by atoms with Crippen LogP contribution in [0.4, 0.5) is 5.00 Å². The van der Waals surface area contributed by atoms with Crippen molar-refractivity contribution in [3.05, 3.63) is 16.0 Å². The molecule has 0 unspecified atom stereocenters. The molecule has 0 aromatic carbocycles. The number of carboxylic acids is 1. The SMILES string of the molecule is CCN(c1sc(C)c(C(=O)O)c1C)C1CCOCC1. The van der Waals surface area contributed by atoms with E-state index in [1.54, 1.807) is 11.3 Å². The van der Waals surface area contributed by atoms with E-state index in [0.29, 0.717) is 11.6 Å². The van der Waals surface area contributed by atoms with Crippen LogP contribution in [0.25, 0.3) is 0 Å². The van der Waals surface area contributed by atoms with Crippen LogP contribution in [0.1, 0.15) is 40.6 Å². The van der Waals surface area contributed by atoms with Crippen molar-refractivity contribution >= 4 is 22.3 Å². The second-order valence-corrected chi connectivity index (χ2v) is 6.10. The molecule has 1 aliphatic rings. The molecular weight excluding hydrogens is 262 g/mol. The lowest BCUT2D eigenvalue weighted by Gasteiger charge is -2.34. The molecule has 0 atom stereocenters. The minimum atomic E-state index is -0.819. The lowest BCUT2D eigenvalue weighted by atomic mass is 10.1. The molecule has 0 bridgehead atoms. The van der Waals surface area contributed by atoms with E-state index in [1.165, 1.54) is 0 Å². The molecule has 0 aliphatic carbocycles. The van der Waals surface area contributed by atoms with E-state index in [4.69, 9.17) is 4.74 Å². The van der Waals surface area contributed by atoms with Crippen molar-refractivity contribution in [1.82, 2.24) is 0 Å². The summed E-state index contributed by atoms with van der Waals surface area (Å²) in [5.41, 5.74) is 1.38. The molecule has 0 radical (unpaired) electrons. The third kappa shape index (κ3) is 2.77. The molecular formula is C14H21NO3S. The van der Waals surface area contributed by atoms with Crippen LogP contribution in [0.3, 0.4) is 0 Å². The zero-order chi connectivity index (χ0) is 14.0. The van der Waals surface area contributed by atoms with Crippen LogP contribution in [0.5, 0.6) is 0 Å². The van der Waals surface area contributed by atoms with Gasteiger partial charge in [-0.25, -0.2) is 4.79 Å². The van der Waals surface area contributed by atoms with Gasteiger partial charge in [-0.05, 0) is 39.2 Å². The predicted molar refractivity (Wildman–Crippen MR) is 77.6 cm³/mol. The second kappa shape index (κ2) is 5.92. The van der Waals surface area contributed by atoms with Gasteiger partial charge in [-0.1, -0.05) is 0 Å². The van der Waals surface area contributed by atoms with Gasteiger partial charge in [-0.3, -0.25) is 0 Å². The molecule has 1 aliphatic heterocycles. The number of ether oxygens (including phenoxy) is 1. The maximum Gasteiger partial charge on any atom is 0.337 e. The summed E-state index contributed by atoms with van der Waals surface area (Å²) in [5, 5.41) is 10.4. The summed E-state index contributed by atoms with van der Waals surface area (Å²) in [4.78, 5) is 14.6. The largest absolute Gasteiger partial charge is 0.478 e. The maximum atomic E-state index is 11.3. The molecule has 0 amide bonds. The number of hydrogen-bond donors (Lipinski definition) is 1. The third-order valence-corrected chi connectivity index (χ3v) is 4.99. The minimum absolute atomic E-state index is 0.470. The highest BCUT2D eigenvalue weighted by atomic mass is 32.1. The molecule has 2 rings (SSSR count). The third-order valence-electron chi connectivity index (χ3n) is 3.74. The van der Waals surface area contributed by atoms with E-state index >= 15 is 0 Å². The Morgan fingerprint density at radius 2 is 2.05 bits per heavy atom. The van der Waals surface area contributed by atoms with Crippen LogP contribution in [-0.4, -0.2) is 36.9 Å². The molecule has 106 valence electrons. The highest BCUT2D eigenvalue weighted by Crippen LogP contribution is 2.37. The average Bonchev–Trinajstić information content (AvgIpc) is 2.67. The standard InChI is InChI=1S/C14H21NO3S/c1-4-15(11-5-7-18-8-6-11)13-9(2)12(14(16)17)10(3)19-13/h11H,4-8H2,1-3H3,(H,16,17). The summed E-state index contributed by atoms with van der Waals surface area (Å²) in [5.74, 6) is -0.819. The quantitative estimate of drug-likeness (QED) is 0.922. The minimum Gasteiger partial charge on any atom is -0.478 e. The van der Waals surface area contributed by atoms with Crippen molar-refractivity contribution in [3.8, 4) is 0 Å². The number of carbonyl (C=O) groups is 1. The highest BCUT2D eigenvalue weighted by molar-refractivity contribution is 7.16. The number of nitrogens with zero attached hydrogens (tertiary/aromatic N) is 1. The number of anilines is 1. The van der Waals surface area contributed by atoms with E-state index in [1.807, 2.05) is 13.8 Å². The molecule has 19 heavy (non-hydrogen) atoms. The lowest BCUT2D eigenvalue weighted by Crippen LogP contribution is -2.39. The Bertz CT molecular complexity index is 464. The summed E-state index contributed by atoms with van der Waals surface area (Å²) < 4.78 is 5.41. The molecule has 0 spiro atoms. The van der Waals surface area contributed by atoms with Crippen molar-refractivity contribution in [2.45, 2.75) is 39.7 Å². The van der Waals surface area contributed by atoms with Crippen LogP contribution in [0.2, 0.25) is 0 Å². The number of aryl methyl sites for hydroxylation is 1. The van der Waals surface area contributed by atoms with Crippen LogP contribution < -0.4 is 4.90 Å². The first kappa shape index (κ1) is 14.3. The van der Waals surface area contributed by atoms with E-state index in [9.17, 15) is 9.90 Å². The van der Waals surface area contributed by atoms with Crippen molar-refractivity contribution in [2.24, 2.45) is 0 Å². The second-order valence-electron chi connectivity index (χ2n) is 4.90. The molecule has 1 saturated heterocycles. The Hall–Kier alpha value is -1.07. The summed E-state index contributed by atoms with van der Waals surface area (Å²) in [6.07, 6.45) is 2.04. The molecule has 1 aromatic rings. The fraction of sp³-hybridized carbons (Fsp3) is 0.643. The summed E-state index contributed by atoms with van der Waals surface area (Å²) >= 11 is 1.60. The number of carboxylic acid groups (broad SMARTS) is 1. The van der Waals surface area contributed by atoms with Gasteiger partial charge in [0, 0.05) is 30.7 Å². The first-order valence-corrected chi connectivity index (χ1v) is 7.55. The molecule has 1 N–H and O–H groups in total. The fourth-order valence-electron chi connectivity index (χ4n) is 2.79. The number of hydrogen-bond acceptors (Lipinski definition) is 4. The first-order valence-electron chi connectivity index (χ1n) is 6.73. The lowest BCUT2D eigenvalue weighted by molar-refractivity contribution is 0.0695. The van der Waals surface area contributed by atoms with Crippen LogP contribution in [-0.2, 0) is 4.74 Å². The van der Waals surface area contributed by atoms with Gasteiger partial charge >= 0.3 is 5.97 Å². The fourth-order valence-corrected chi connectivity index (χ4v) is 4.08. The summed E-state index contributed by atoms with van der Waals surface area (Å²) in [6, 6.07) is 0.470. The maximum absolute atomic E-state index is 11.3. The summed E-state index contributed by atoms with van der Waals surface area (Å²) in [7, 11) is 0. The van der Waals surface area contributed by atoms with E-state index < -0.39 is 5.97 Å². The molecule has 0 saturated carbocycles. The van der Waals surface area contributed by atoms with Gasteiger partial charge in [0.15, 0.2) is 0 Å². The van der Waals surface area contributed by atoms with Gasteiger partial charge in [-0.15, -0.1) is 11.3 Å². The van der Waals surface area contributed by atoms with Crippen molar-refractivity contribution in [3.63, 3.8) is 0 Å². The smallest absolute Gasteiger partial charge is 0.337 e.